The van der Waals surface area contributed by atoms with E-state index in [-0.39, 0.29) is 11.8 Å². The van der Waals surface area contributed by atoms with Crippen LogP contribution in [0.3, 0.4) is 0 Å². The molecule has 1 fully saturated rings. The van der Waals surface area contributed by atoms with Gasteiger partial charge in [-0.15, -0.1) is 0 Å². The van der Waals surface area contributed by atoms with Crippen LogP contribution < -0.4 is 15.0 Å². The molecule has 0 saturated carbocycles. The molecule has 0 unspecified atom stereocenters. The van der Waals surface area contributed by atoms with Crippen LogP contribution >= 0.6 is 0 Å². The topological polar surface area (TPSA) is 67.4 Å². The molecule has 0 aliphatic carbocycles. The monoisotopic (exact) mass is 306 g/mol. The van der Waals surface area contributed by atoms with Crippen molar-refractivity contribution in [2.75, 3.05) is 31.6 Å². The smallest absolute Gasteiger partial charge is 0.257 e. The normalized spacial score (nSPS) is 15.6. The minimum atomic E-state index is 0.112. The summed E-state index contributed by atoms with van der Waals surface area (Å²) < 4.78 is 5.25. The van der Waals surface area contributed by atoms with Gasteiger partial charge in [0.05, 0.1) is 7.11 Å². The summed E-state index contributed by atoms with van der Waals surface area (Å²) in [7, 11) is 1.60. The minimum absolute atomic E-state index is 0.112. The van der Waals surface area contributed by atoms with Gasteiger partial charge in [-0.05, 0) is 19.3 Å². The van der Waals surface area contributed by atoms with Crippen LogP contribution in [0.4, 0.5) is 5.82 Å². The van der Waals surface area contributed by atoms with Gasteiger partial charge in [-0.1, -0.05) is 19.8 Å². The molecule has 1 aromatic rings. The van der Waals surface area contributed by atoms with E-state index in [0.29, 0.717) is 5.88 Å². The van der Waals surface area contributed by atoms with E-state index in [9.17, 15) is 4.79 Å². The van der Waals surface area contributed by atoms with Gasteiger partial charge >= 0.3 is 0 Å². The number of nitrogens with zero attached hydrogens (tertiary/aromatic N) is 3. The number of rotatable bonds is 7. The van der Waals surface area contributed by atoms with Crippen molar-refractivity contribution in [3.05, 3.63) is 12.4 Å². The average molecular weight is 306 g/mol. The largest absolute Gasteiger partial charge is 0.478 e. The van der Waals surface area contributed by atoms with E-state index < -0.39 is 0 Å². The van der Waals surface area contributed by atoms with E-state index in [1.54, 1.807) is 19.5 Å². The minimum Gasteiger partial charge on any atom is -0.478 e. The Hall–Kier alpha value is -1.85. The first-order valence-electron chi connectivity index (χ1n) is 8.14. The molecular formula is C16H26N4O2. The van der Waals surface area contributed by atoms with Crippen molar-refractivity contribution >= 4 is 11.7 Å². The van der Waals surface area contributed by atoms with Crippen molar-refractivity contribution in [2.24, 2.45) is 5.92 Å². The number of anilines is 1. The number of carbonyl (C=O) groups is 1. The number of piperidine rings is 1. The molecule has 2 rings (SSSR count). The van der Waals surface area contributed by atoms with Crippen molar-refractivity contribution in [1.29, 1.82) is 0 Å². The second-order valence-electron chi connectivity index (χ2n) is 5.65. The van der Waals surface area contributed by atoms with Crippen LogP contribution in [0.25, 0.3) is 0 Å². The van der Waals surface area contributed by atoms with Gasteiger partial charge in [0.1, 0.15) is 0 Å². The number of amides is 1. The van der Waals surface area contributed by atoms with Gasteiger partial charge in [-0.3, -0.25) is 4.79 Å². The maximum Gasteiger partial charge on any atom is 0.257 e. The molecule has 6 heteroatoms. The van der Waals surface area contributed by atoms with Crippen molar-refractivity contribution in [3.8, 4) is 5.88 Å². The van der Waals surface area contributed by atoms with Gasteiger partial charge < -0.3 is 15.0 Å². The number of methoxy groups -OCH3 is 1. The predicted octanol–water partition coefficient (Wildman–Crippen LogP) is 2.01. The van der Waals surface area contributed by atoms with Gasteiger partial charge in [0.15, 0.2) is 5.82 Å². The number of carbonyl (C=O) groups excluding carboxylic acids is 1. The summed E-state index contributed by atoms with van der Waals surface area (Å²) in [6.45, 7) is 4.58. The molecule has 6 nitrogen and oxygen atoms in total. The molecule has 0 bridgehead atoms. The average Bonchev–Trinajstić information content (AvgIpc) is 2.58. The highest BCUT2D eigenvalue weighted by molar-refractivity contribution is 5.79. The molecule has 2 heterocycles. The summed E-state index contributed by atoms with van der Waals surface area (Å²) in [5, 5.41) is 3.05. The third-order valence-corrected chi connectivity index (χ3v) is 4.08. The number of hydrogen-bond donors (Lipinski definition) is 1. The lowest BCUT2D eigenvalue weighted by atomic mass is 9.96. The molecule has 1 N–H and O–H groups in total. The van der Waals surface area contributed by atoms with E-state index in [1.807, 2.05) is 0 Å². The van der Waals surface area contributed by atoms with Gasteiger partial charge in [0.2, 0.25) is 5.91 Å². The van der Waals surface area contributed by atoms with E-state index in [0.717, 1.165) is 44.7 Å². The summed E-state index contributed by atoms with van der Waals surface area (Å²) in [5.41, 5.74) is 0. The Bertz CT molecular complexity index is 473. The molecule has 0 atom stereocenters. The highest BCUT2D eigenvalue weighted by Crippen LogP contribution is 2.27. The second kappa shape index (κ2) is 8.56. The second-order valence-corrected chi connectivity index (χ2v) is 5.65. The van der Waals surface area contributed by atoms with Crippen molar-refractivity contribution in [2.45, 2.75) is 39.0 Å². The van der Waals surface area contributed by atoms with Crippen LogP contribution in [0, 0.1) is 5.92 Å². The van der Waals surface area contributed by atoms with Gasteiger partial charge in [0.25, 0.3) is 5.88 Å². The molecule has 0 aromatic carbocycles. The van der Waals surface area contributed by atoms with E-state index in [2.05, 4.69) is 27.1 Å². The maximum absolute atomic E-state index is 12.1. The van der Waals surface area contributed by atoms with Crippen LogP contribution in [-0.2, 0) is 4.79 Å². The molecule has 1 aliphatic rings. The first-order chi connectivity index (χ1) is 10.8. The summed E-state index contributed by atoms with van der Waals surface area (Å²) >= 11 is 0. The molecule has 0 spiro atoms. The van der Waals surface area contributed by atoms with Crippen molar-refractivity contribution < 1.29 is 9.53 Å². The Kier molecular flexibility index (Phi) is 6.43. The van der Waals surface area contributed by atoms with Gasteiger partial charge in [-0.2, -0.15) is 0 Å². The van der Waals surface area contributed by atoms with Crippen molar-refractivity contribution in [1.82, 2.24) is 15.3 Å². The third kappa shape index (κ3) is 4.32. The Labute approximate surface area is 132 Å². The van der Waals surface area contributed by atoms with Gasteiger partial charge in [-0.25, -0.2) is 9.97 Å². The molecule has 1 aliphatic heterocycles. The van der Waals surface area contributed by atoms with E-state index in [4.69, 9.17) is 4.74 Å². The summed E-state index contributed by atoms with van der Waals surface area (Å²) in [6, 6.07) is 0. The zero-order chi connectivity index (χ0) is 15.8. The van der Waals surface area contributed by atoms with Gasteiger partial charge in [0, 0.05) is 37.9 Å². The molecule has 22 heavy (non-hydrogen) atoms. The number of nitrogens with one attached hydrogen (secondary N) is 1. The fourth-order valence-corrected chi connectivity index (χ4v) is 2.76. The highest BCUT2D eigenvalue weighted by Gasteiger charge is 2.26. The third-order valence-electron chi connectivity index (χ3n) is 4.08. The Morgan fingerprint density at radius 2 is 2.05 bits per heavy atom. The Balaban J connectivity index is 1.81. The summed E-state index contributed by atoms with van der Waals surface area (Å²) in [4.78, 5) is 22.8. The SMILES string of the molecule is CCCCCNC(=O)C1CCN(c2nccnc2OC)CC1. The van der Waals surface area contributed by atoms with E-state index in [1.165, 1.54) is 12.8 Å². The zero-order valence-electron chi connectivity index (χ0n) is 13.5. The molecule has 1 amide bonds. The van der Waals surface area contributed by atoms with Crippen LogP contribution in [0.15, 0.2) is 12.4 Å². The fraction of sp³-hybridized carbons (Fsp3) is 0.688. The van der Waals surface area contributed by atoms with Crippen molar-refractivity contribution in [3.63, 3.8) is 0 Å². The lowest BCUT2D eigenvalue weighted by Gasteiger charge is -2.32. The molecule has 0 radical (unpaired) electrons. The number of unbranched alkanes of at least 4 members (excludes halogenated alkanes) is 2. The van der Waals surface area contributed by atoms with Crippen LogP contribution in [-0.4, -0.2) is 42.6 Å². The lowest BCUT2D eigenvalue weighted by Crippen LogP contribution is -2.41. The highest BCUT2D eigenvalue weighted by atomic mass is 16.5. The van der Waals surface area contributed by atoms with Crippen LogP contribution in [0.2, 0.25) is 0 Å². The maximum atomic E-state index is 12.1. The number of ether oxygens (including phenoxy) is 1. The quantitative estimate of drug-likeness (QED) is 0.781. The van der Waals surface area contributed by atoms with Crippen LogP contribution in [0.5, 0.6) is 5.88 Å². The Morgan fingerprint density at radius 1 is 1.32 bits per heavy atom. The van der Waals surface area contributed by atoms with Crippen LogP contribution in [0.1, 0.15) is 39.0 Å². The fourth-order valence-electron chi connectivity index (χ4n) is 2.76. The van der Waals surface area contributed by atoms with E-state index >= 15 is 0 Å². The summed E-state index contributed by atoms with van der Waals surface area (Å²) in [6.07, 6.45) is 8.40. The number of hydrogen-bond acceptors (Lipinski definition) is 5. The molecule has 122 valence electrons. The first-order valence-corrected chi connectivity index (χ1v) is 8.14. The molecular weight excluding hydrogens is 280 g/mol. The number of aromatic nitrogens is 2. The first kappa shape index (κ1) is 16.5. The standard InChI is InChI=1S/C16H26N4O2/c1-3-4-5-8-18-15(21)13-6-11-20(12-7-13)14-16(22-2)19-10-9-17-14/h9-10,13H,3-8,11-12H2,1-2H3,(H,18,21). The lowest BCUT2D eigenvalue weighted by molar-refractivity contribution is -0.125. The Morgan fingerprint density at radius 3 is 2.73 bits per heavy atom. The summed E-state index contributed by atoms with van der Waals surface area (Å²) in [5.74, 6) is 1.62. The molecule has 1 saturated heterocycles. The zero-order valence-corrected chi connectivity index (χ0v) is 13.5. The predicted molar refractivity (Wildman–Crippen MR) is 86.1 cm³/mol. The molecule has 1 aromatic heterocycles.